The van der Waals surface area contributed by atoms with Gasteiger partial charge in [-0.3, -0.25) is 14.6 Å². The van der Waals surface area contributed by atoms with Crippen LogP contribution in [0.4, 0.5) is 0 Å². The topological polar surface area (TPSA) is 47.0 Å². The van der Waals surface area contributed by atoms with Gasteiger partial charge < -0.3 is 0 Å². The molecule has 4 heteroatoms. The molecule has 1 heterocycles. The van der Waals surface area contributed by atoms with Crippen LogP contribution in [0.5, 0.6) is 0 Å². The molecule has 0 aliphatic heterocycles. The Hall–Kier alpha value is -1.81. The van der Waals surface area contributed by atoms with Crippen molar-refractivity contribution in [3.8, 4) is 0 Å². The molecule has 0 N–H and O–H groups in total. The van der Waals surface area contributed by atoms with Crippen LogP contribution in [0.3, 0.4) is 0 Å². The molecular weight excluding hydrogens is 294 g/mol. The van der Waals surface area contributed by atoms with E-state index in [2.05, 4.69) is 20.9 Å². The van der Waals surface area contributed by atoms with E-state index in [0.29, 0.717) is 11.1 Å². The zero-order valence-electron chi connectivity index (χ0n) is 9.47. The molecule has 1 aromatic carbocycles. The zero-order valence-corrected chi connectivity index (χ0v) is 11.1. The highest BCUT2D eigenvalue weighted by Crippen LogP contribution is 2.14. The third-order valence-corrected chi connectivity index (χ3v) is 2.96. The van der Waals surface area contributed by atoms with Crippen LogP contribution in [0.1, 0.15) is 27.1 Å². The summed E-state index contributed by atoms with van der Waals surface area (Å²) in [5.74, 6) is -0.375. The largest absolute Gasteiger partial charge is 0.294 e. The number of nitrogens with zero attached hydrogens (tertiary/aromatic N) is 1. The molecule has 0 spiro atoms. The number of aromatic nitrogens is 1. The summed E-state index contributed by atoms with van der Waals surface area (Å²) >= 11 is 3.30. The molecule has 0 saturated heterocycles. The lowest BCUT2D eigenvalue weighted by atomic mass is 10.0. The Bertz CT molecular complexity index is 581. The molecule has 0 aliphatic carbocycles. The third kappa shape index (κ3) is 3.11. The van der Waals surface area contributed by atoms with Gasteiger partial charge in [-0.05, 0) is 24.3 Å². The van der Waals surface area contributed by atoms with Gasteiger partial charge in [0.25, 0.3) is 0 Å². The Morgan fingerprint density at radius 1 is 1.00 bits per heavy atom. The lowest BCUT2D eigenvalue weighted by molar-refractivity contribution is 0.0894. The maximum atomic E-state index is 11.9. The van der Waals surface area contributed by atoms with Crippen LogP contribution in [0, 0.1) is 0 Å². The maximum Gasteiger partial charge on any atom is 0.170 e. The number of halogens is 1. The Morgan fingerprint density at radius 2 is 1.67 bits per heavy atom. The molecular formula is C14H10BrNO2. The molecule has 0 aliphatic rings. The highest BCUT2D eigenvalue weighted by atomic mass is 79.9. The van der Waals surface area contributed by atoms with Crippen molar-refractivity contribution in [1.82, 2.24) is 4.98 Å². The van der Waals surface area contributed by atoms with Crippen molar-refractivity contribution in [3.05, 3.63) is 64.4 Å². The third-order valence-electron chi connectivity index (χ3n) is 2.47. The van der Waals surface area contributed by atoms with E-state index in [0.717, 1.165) is 4.47 Å². The van der Waals surface area contributed by atoms with Crippen molar-refractivity contribution in [2.75, 3.05) is 0 Å². The number of rotatable bonds is 4. The minimum Gasteiger partial charge on any atom is -0.294 e. The number of hydrogen-bond acceptors (Lipinski definition) is 3. The number of carbonyl (C=O) groups is 2. The van der Waals surface area contributed by atoms with Gasteiger partial charge in [-0.25, -0.2) is 0 Å². The second-order valence-electron chi connectivity index (χ2n) is 3.77. The van der Waals surface area contributed by atoms with Crippen molar-refractivity contribution in [2.45, 2.75) is 6.42 Å². The molecule has 0 atom stereocenters. The Kier molecular flexibility index (Phi) is 3.99. The van der Waals surface area contributed by atoms with Crippen LogP contribution in [-0.4, -0.2) is 16.6 Å². The molecule has 0 saturated carbocycles. The SMILES string of the molecule is O=C(CC(=O)c1cccc(Br)c1)c1ccncc1. The summed E-state index contributed by atoms with van der Waals surface area (Å²) in [6.07, 6.45) is 2.95. The van der Waals surface area contributed by atoms with E-state index in [9.17, 15) is 9.59 Å². The number of pyridine rings is 1. The highest BCUT2D eigenvalue weighted by molar-refractivity contribution is 9.10. The molecule has 0 radical (unpaired) electrons. The summed E-state index contributed by atoms with van der Waals surface area (Å²) in [6, 6.07) is 10.2. The van der Waals surface area contributed by atoms with Gasteiger partial charge in [0, 0.05) is 28.0 Å². The van der Waals surface area contributed by atoms with Crippen LogP contribution >= 0.6 is 15.9 Å². The number of Topliss-reactive ketones (excluding diaryl/α,β-unsaturated/α-hetero) is 2. The normalized spacial score (nSPS) is 10.1. The van der Waals surface area contributed by atoms with Crippen LogP contribution in [0.25, 0.3) is 0 Å². The van der Waals surface area contributed by atoms with Gasteiger partial charge in [-0.15, -0.1) is 0 Å². The van der Waals surface area contributed by atoms with Gasteiger partial charge in [0.05, 0.1) is 6.42 Å². The summed E-state index contributed by atoms with van der Waals surface area (Å²) in [7, 11) is 0. The van der Waals surface area contributed by atoms with E-state index in [-0.39, 0.29) is 18.0 Å². The predicted molar refractivity (Wildman–Crippen MR) is 71.7 cm³/mol. The molecule has 2 rings (SSSR count). The number of benzene rings is 1. The molecule has 2 aromatic rings. The molecule has 0 unspecified atom stereocenters. The second-order valence-corrected chi connectivity index (χ2v) is 4.69. The summed E-state index contributed by atoms with van der Waals surface area (Å²) in [6.45, 7) is 0. The molecule has 0 bridgehead atoms. The average molecular weight is 304 g/mol. The van der Waals surface area contributed by atoms with Crippen molar-refractivity contribution in [1.29, 1.82) is 0 Å². The van der Waals surface area contributed by atoms with E-state index in [4.69, 9.17) is 0 Å². The fourth-order valence-corrected chi connectivity index (χ4v) is 1.95. The smallest absolute Gasteiger partial charge is 0.170 e. The molecule has 18 heavy (non-hydrogen) atoms. The maximum absolute atomic E-state index is 11.9. The molecule has 90 valence electrons. The van der Waals surface area contributed by atoms with Gasteiger partial charge >= 0.3 is 0 Å². The van der Waals surface area contributed by atoms with Crippen LogP contribution in [0.15, 0.2) is 53.3 Å². The molecule has 3 nitrogen and oxygen atoms in total. The van der Waals surface area contributed by atoms with Crippen molar-refractivity contribution in [3.63, 3.8) is 0 Å². The fraction of sp³-hybridized carbons (Fsp3) is 0.0714. The van der Waals surface area contributed by atoms with Crippen LogP contribution < -0.4 is 0 Å². The van der Waals surface area contributed by atoms with Gasteiger partial charge in [0.15, 0.2) is 11.6 Å². The second kappa shape index (κ2) is 5.69. The van der Waals surface area contributed by atoms with Gasteiger partial charge in [-0.1, -0.05) is 28.1 Å². The standard InChI is InChI=1S/C14H10BrNO2/c15-12-3-1-2-11(8-12)14(18)9-13(17)10-4-6-16-7-5-10/h1-8H,9H2. The van der Waals surface area contributed by atoms with E-state index in [1.165, 1.54) is 12.4 Å². The average Bonchev–Trinajstić information content (AvgIpc) is 2.39. The summed E-state index contributed by atoms with van der Waals surface area (Å²) < 4.78 is 0.824. The van der Waals surface area contributed by atoms with Gasteiger partial charge in [-0.2, -0.15) is 0 Å². The van der Waals surface area contributed by atoms with Crippen LogP contribution in [-0.2, 0) is 0 Å². The minimum absolute atomic E-state index is 0.125. The lowest BCUT2D eigenvalue weighted by Gasteiger charge is -2.01. The quantitative estimate of drug-likeness (QED) is 0.643. The highest BCUT2D eigenvalue weighted by Gasteiger charge is 2.13. The summed E-state index contributed by atoms with van der Waals surface area (Å²) in [4.78, 5) is 27.6. The Labute approximate surface area is 113 Å². The first-order valence-corrected chi connectivity index (χ1v) is 6.18. The first-order valence-electron chi connectivity index (χ1n) is 5.39. The molecule has 0 fully saturated rings. The number of carbonyl (C=O) groups excluding carboxylic acids is 2. The molecule has 0 amide bonds. The fourth-order valence-electron chi connectivity index (χ4n) is 1.55. The van der Waals surface area contributed by atoms with Gasteiger partial charge in [0.2, 0.25) is 0 Å². The van der Waals surface area contributed by atoms with E-state index in [1.54, 1.807) is 30.3 Å². The first-order chi connectivity index (χ1) is 8.66. The number of hydrogen-bond donors (Lipinski definition) is 0. The Morgan fingerprint density at radius 3 is 2.33 bits per heavy atom. The monoisotopic (exact) mass is 303 g/mol. The summed E-state index contributed by atoms with van der Waals surface area (Å²) in [5, 5.41) is 0. The van der Waals surface area contributed by atoms with Crippen molar-refractivity contribution >= 4 is 27.5 Å². The van der Waals surface area contributed by atoms with Crippen molar-refractivity contribution in [2.24, 2.45) is 0 Å². The number of ketones is 2. The van der Waals surface area contributed by atoms with Crippen LogP contribution in [0.2, 0.25) is 0 Å². The lowest BCUT2D eigenvalue weighted by Crippen LogP contribution is -2.08. The summed E-state index contributed by atoms with van der Waals surface area (Å²) in [5.41, 5.74) is 1.04. The minimum atomic E-state index is -0.192. The van der Waals surface area contributed by atoms with Gasteiger partial charge in [0.1, 0.15) is 0 Å². The zero-order chi connectivity index (χ0) is 13.0. The van der Waals surface area contributed by atoms with E-state index < -0.39 is 0 Å². The van der Waals surface area contributed by atoms with E-state index in [1.807, 2.05) is 6.07 Å². The first kappa shape index (κ1) is 12.6. The predicted octanol–water partition coefficient (Wildman–Crippen LogP) is 3.30. The van der Waals surface area contributed by atoms with E-state index >= 15 is 0 Å². The molecule has 1 aromatic heterocycles. The Balaban J connectivity index is 2.11. The van der Waals surface area contributed by atoms with Crippen molar-refractivity contribution < 1.29 is 9.59 Å².